The van der Waals surface area contributed by atoms with Crippen LogP contribution in [-0.2, 0) is 4.79 Å². The van der Waals surface area contributed by atoms with E-state index in [2.05, 4.69) is 67.8 Å². The fourth-order valence-corrected chi connectivity index (χ4v) is 8.60. The van der Waals surface area contributed by atoms with Gasteiger partial charge in [0, 0.05) is 6.42 Å². The van der Waals surface area contributed by atoms with E-state index in [9.17, 15) is 15.0 Å². The largest absolute Gasteiger partial charge is 0.394 e. The molecule has 4 heteroatoms. The van der Waals surface area contributed by atoms with Gasteiger partial charge in [-0.15, -0.1) is 0 Å². The van der Waals surface area contributed by atoms with E-state index in [0.29, 0.717) is 6.42 Å². The average molecular weight is 895 g/mol. The maximum atomic E-state index is 12.5. The summed E-state index contributed by atoms with van der Waals surface area (Å²) in [7, 11) is 0. The van der Waals surface area contributed by atoms with Crippen LogP contribution >= 0.6 is 0 Å². The lowest BCUT2D eigenvalue weighted by Crippen LogP contribution is -2.45. The summed E-state index contributed by atoms with van der Waals surface area (Å²) in [6.07, 6.45) is 78.2. The highest BCUT2D eigenvalue weighted by molar-refractivity contribution is 5.76. The van der Waals surface area contributed by atoms with Gasteiger partial charge >= 0.3 is 0 Å². The third-order valence-electron chi connectivity index (χ3n) is 13.0. The molecule has 0 heterocycles. The number of nitrogens with one attached hydrogen (secondary N) is 1. The number of carbonyl (C=O) groups is 1. The Hall–Kier alpha value is -1.91. The Morgan fingerprint density at radius 3 is 1.00 bits per heavy atom. The van der Waals surface area contributed by atoms with Crippen LogP contribution in [0.5, 0.6) is 0 Å². The maximum Gasteiger partial charge on any atom is 0.220 e. The van der Waals surface area contributed by atoms with Crippen LogP contribution in [0, 0.1) is 0 Å². The molecular weight excluding hydrogens is 783 g/mol. The minimum absolute atomic E-state index is 0.0747. The molecule has 374 valence electrons. The van der Waals surface area contributed by atoms with Crippen molar-refractivity contribution in [2.24, 2.45) is 0 Å². The van der Waals surface area contributed by atoms with Crippen molar-refractivity contribution in [2.45, 2.75) is 309 Å². The average Bonchev–Trinajstić information content (AvgIpc) is 3.30. The number of aliphatic hydroxyl groups excluding tert-OH is 2. The predicted octanol–water partition coefficient (Wildman–Crippen LogP) is 18.8. The predicted molar refractivity (Wildman–Crippen MR) is 285 cm³/mol. The van der Waals surface area contributed by atoms with Crippen molar-refractivity contribution in [1.82, 2.24) is 5.32 Å². The molecule has 2 atom stereocenters. The van der Waals surface area contributed by atoms with Crippen LogP contribution in [0.25, 0.3) is 0 Å². The molecule has 0 rings (SSSR count). The Morgan fingerprint density at radius 2 is 0.656 bits per heavy atom. The quantitative estimate of drug-likeness (QED) is 0.0421. The molecule has 64 heavy (non-hydrogen) atoms. The Labute approximate surface area is 400 Å². The van der Waals surface area contributed by atoms with Crippen LogP contribution in [0.3, 0.4) is 0 Å². The molecule has 0 aliphatic heterocycles. The summed E-state index contributed by atoms with van der Waals surface area (Å²) in [5.41, 5.74) is 0. The van der Waals surface area contributed by atoms with Gasteiger partial charge in [-0.3, -0.25) is 4.79 Å². The second kappa shape index (κ2) is 55.4. The molecule has 0 aliphatic carbocycles. The lowest BCUT2D eigenvalue weighted by atomic mass is 10.0. The zero-order chi connectivity index (χ0) is 46.3. The summed E-state index contributed by atoms with van der Waals surface area (Å²) < 4.78 is 0. The van der Waals surface area contributed by atoms with Gasteiger partial charge in [0.05, 0.1) is 18.8 Å². The molecule has 0 spiro atoms. The van der Waals surface area contributed by atoms with E-state index in [0.717, 1.165) is 44.9 Å². The molecular formula is C60H111NO3. The molecule has 0 fully saturated rings. The zero-order valence-electron chi connectivity index (χ0n) is 43.1. The fourth-order valence-electron chi connectivity index (χ4n) is 8.60. The van der Waals surface area contributed by atoms with Gasteiger partial charge < -0.3 is 15.5 Å². The molecule has 0 aromatic heterocycles. The summed E-state index contributed by atoms with van der Waals surface area (Å²) in [6, 6.07) is -0.645. The smallest absolute Gasteiger partial charge is 0.220 e. The van der Waals surface area contributed by atoms with Crippen LogP contribution < -0.4 is 5.32 Å². The highest BCUT2D eigenvalue weighted by atomic mass is 16.3. The number of allylic oxidation sites excluding steroid dienone is 9. The lowest BCUT2D eigenvalue weighted by molar-refractivity contribution is -0.123. The van der Waals surface area contributed by atoms with Gasteiger partial charge in [0.2, 0.25) is 5.91 Å². The molecule has 0 saturated carbocycles. The molecule has 0 radical (unpaired) electrons. The standard InChI is InChI=1S/C60H111NO3/c1-3-5-7-9-11-13-15-17-19-21-22-23-24-25-26-27-28-29-30-31-32-33-34-35-36-37-38-40-42-44-46-48-50-52-54-56-60(64)61-58(57-62)59(63)55-53-51-49-47-45-43-41-39-20-18-16-14-12-10-8-6-4-2/h15,17,20-22,39,45,47,53,55,58-59,62-63H,3-14,16,18-19,23-38,40-44,46,48-52,54,56-57H2,1-2H3,(H,61,64)/b17-15-,22-21-,39-20+,47-45+,55-53+. The van der Waals surface area contributed by atoms with Gasteiger partial charge in [0.25, 0.3) is 0 Å². The Morgan fingerprint density at radius 1 is 0.375 bits per heavy atom. The summed E-state index contributed by atoms with van der Waals surface area (Å²) >= 11 is 0. The Kier molecular flexibility index (Phi) is 53.8. The minimum Gasteiger partial charge on any atom is -0.394 e. The van der Waals surface area contributed by atoms with Gasteiger partial charge in [0.1, 0.15) is 0 Å². The second-order valence-corrected chi connectivity index (χ2v) is 19.3. The van der Waals surface area contributed by atoms with Gasteiger partial charge in [-0.25, -0.2) is 0 Å². The van der Waals surface area contributed by atoms with Crippen molar-refractivity contribution in [3.05, 3.63) is 60.8 Å². The van der Waals surface area contributed by atoms with E-state index in [1.54, 1.807) is 6.08 Å². The first-order chi connectivity index (χ1) is 31.7. The van der Waals surface area contributed by atoms with Crippen molar-refractivity contribution in [3.63, 3.8) is 0 Å². The van der Waals surface area contributed by atoms with Crippen LogP contribution in [0.1, 0.15) is 296 Å². The first-order valence-electron chi connectivity index (χ1n) is 28.5. The molecule has 0 aromatic rings. The summed E-state index contributed by atoms with van der Waals surface area (Å²) in [6.45, 7) is 4.29. The van der Waals surface area contributed by atoms with Crippen molar-refractivity contribution in [2.75, 3.05) is 6.61 Å². The SMILES string of the molecule is CCCCCCC/C=C\C/C=C\CCCCCCCCCCCCCCCCCCCCCCCCCC(=O)NC(CO)C(O)/C=C/CC/C=C/CC/C=C/CCCCCCCCC. The summed E-state index contributed by atoms with van der Waals surface area (Å²) in [5, 5.41) is 23.1. The molecule has 0 bridgehead atoms. The number of unbranched alkanes of at least 4 members (excludes halogenated alkanes) is 37. The van der Waals surface area contributed by atoms with Gasteiger partial charge in [-0.05, 0) is 77.0 Å². The van der Waals surface area contributed by atoms with E-state index in [1.165, 1.54) is 231 Å². The van der Waals surface area contributed by atoms with E-state index in [-0.39, 0.29) is 12.5 Å². The molecule has 0 aliphatic rings. The molecule has 4 nitrogen and oxygen atoms in total. The van der Waals surface area contributed by atoms with Crippen LogP contribution in [-0.4, -0.2) is 34.9 Å². The van der Waals surface area contributed by atoms with E-state index >= 15 is 0 Å². The maximum absolute atomic E-state index is 12.5. The van der Waals surface area contributed by atoms with Gasteiger partial charge in [-0.1, -0.05) is 274 Å². The number of amides is 1. The first kappa shape index (κ1) is 62.1. The van der Waals surface area contributed by atoms with Crippen LogP contribution in [0.4, 0.5) is 0 Å². The normalized spacial score (nSPS) is 13.2. The molecule has 3 N–H and O–H groups in total. The molecule has 0 aromatic carbocycles. The van der Waals surface area contributed by atoms with Gasteiger partial charge in [0.15, 0.2) is 0 Å². The molecule has 0 saturated heterocycles. The minimum atomic E-state index is -0.870. The number of carbonyl (C=O) groups excluding carboxylic acids is 1. The van der Waals surface area contributed by atoms with Crippen molar-refractivity contribution < 1.29 is 15.0 Å². The molecule has 2 unspecified atom stereocenters. The summed E-state index contributed by atoms with van der Waals surface area (Å²) in [5.74, 6) is -0.0747. The van der Waals surface area contributed by atoms with E-state index in [1.807, 2.05) is 6.08 Å². The summed E-state index contributed by atoms with van der Waals surface area (Å²) in [4.78, 5) is 12.5. The van der Waals surface area contributed by atoms with Crippen LogP contribution in [0.2, 0.25) is 0 Å². The lowest BCUT2D eigenvalue weighted by Gasteiger charge is -2.19. The highest BCUT2D eigenvalue weighted by Crippen LogP contribution is 2.17. The molecule has 1 amide bonds. The number of hydrogen-bond donors (Lipinski definition) is 3. The van der Waals surface area contributed by atoms with Crippen LogP contribution in [0.15, 0.2) is 60.8 Å². The Bertz CT molecular complexity index is 1060. The first-order valence-corrected chi connectivity index (χ1v) is 28.5. The highest BCUT2D eigenvalue weighted by Gasteiger charge is 2.18. The number of hydrogen-bond acceptors (Lipinski definition) is 3. The topological polar surface area (TPSA) is 69.6 Å². The van der Waals surface area contributed by atoms with Gasteiger partial charge in [-0.2, -0.15) is 0 Å². The zero-order valence-corrected chi connectivity index (χ0v) is 43.1. The monoisotopic (exact) mass is 894 g/mol. The van der Waals surface area contributed by atoms with Crippen molar-refractivity contribution in [3.8, 4) is 0 Å². The number of aliphatic hydroxyl groups is 2. The second-order valence-electron chi connectivity index (χ2n) is 19.3. The fraction of sp³-hybridized carbons (Fsp3) is 0.817. The van der Waals surface area contributed by atoms with E-state index in [4.69, 9.17) is 0 Å². The third-order valence-corrected chi connectivity index (χ3v) is 13.0. The third kappa shape index (κ3) is 51.1. The van der Waals surface area contributed by atoms with E-state index < -0.39 is 12.1 Å². The van der Waals surface area contributed by atoms with Crippen molar-refractivity contribution >= 4 is 5.91 Å². The number of rotatable bonds is 52. The Balaban J connectivity index is 3.47. The van der Waals surface area contributed by atoms with Crippen molar-refractivity contribution in [1.29, 1.82) is 0 Å².